The number of hydrogen-bond donors (Lipinski definition) is 1. The summed E-state index contributed by atoms with van der Waals surface area (Å²) in [5, 5.41) is 9.75. The van der Waals surface area contributed by atoms with Crippen LogP contribution in [0, 0.1) is 5.92 Å². The number of carbonyl (C=O) groups is 1. The van der Waals surface area contributed by atoms with Gasteiger partial charge in [0.25, 0.3) is 5.91 Å². The average molecular weight is 435 g/mol. The highest BCUT2D eigenvalue weighted by Gasteiger charge is 2.18. The highest BCUT2D eigenvalue weighted by molar-refractivity contribution is 7.07. The number of ether oxygens (including phenoxy) is 1. The topological polar surface area (TPSA) is 68.0 Å². The fraction of sp³-hybridized carbons (Fsp3) is 0.292. The van der Waals surface area contributed by atoms with Gasteiger partial charge in [0.15, 0.2) is 6.61 Å². The lowest BCUT2D eigenvalue weighted by molar-refractivity contribution is -0.118. The van der Waals surface area contributed by atoms with Gasteiger partial charge < -0.3 is 10.1 Å². The third kappa shape index (κ3) is 4.94. The monoisotopic (exact) mass is 434 g/mol. The fourth-order valence-corrected chi connectivity index (χ4v) is 4.20. The molecule has 1 aliphatic heterocycles. The van der Waals surface area contributed by atoms with E-state index in [1.165, 1.54) is 0 Å². The molecule has 2 aromatic carbocycles. The van der Waals surface area contributed by atoms with Gasteiger partial charge in [0.05, 0.1) is 17.9 Å². The molecule has 0 saturated heterocycles. The van der Waals surface area contributed by atoms with E-state index in [4.69, 9.17) is 14.8 Å². The molecular weight excluding hydrogens is 408 g/mol. The zero-order valence-corrected chi connectivity index (χ0v) is 18.6. The van der Waals surface area contributed by atoms with Crippen LogP contribution < -0.4 is 14.9 Å². The highest BCUT2D eigenvalue weighted by atomic mass is 32.1. The molecule has 4 rings (SSSR count). The van der Waals surface area contributed by atoms with Gasteiger partial charge in [-0.3, -0.25) is 9.79 Å². The number of nitrogens with one attached hydrogen (secondary N) is 1. The van der Waals surface area contributed by atoms with Crippen molar-refractivity contribution in [3.63, 3.8) is 0 Å². The molecule has 1 amide bonds. The minimum absolute atomic E-state index is 0.0486. The molecule has 0 saturated carbocycles. The summed E-state index contributed by atoms with van der Waals surface area (Å²) in [5.41, 5.74) is 3.71. The van der Waals surface area contributed by atoms with Crippen LogP contribution in [0.3, 0.4) is 0 Å². The van der Waals surface area contributed by atoms with Crippen molar-refractivity contribution in [1.82, 2.24) is 4.68 Å². The summed E-state index contributed by atoms with van der Waals surface area (Å²) in [6.45, 7) is 4.99. The molecule has 31 heavy (non-hydrogen) atoms. The van der Waals surface area contributed by atoms with Gasteiger partial charge in [-0.1, -0.05) is 44.2 Å². The summed E-state index contributed by atoms with van der Waals surface area (Å²) in [7, 11) is 0. The molecule has 6 nitrogen and oxygen atoms in total. The molecule has 1 N–H and O–H groups in total. The van der Waals surface area contributed by atoms with Gasteiger partial charge in [-0.15, -0.1) is 11.3 Å². The molecule has 0 radical (unpaired) electrons. The summed E-state index contributed by atoms with van der Waals surface area (Å²) in [5.74, 6) is 0.950. The number of aromatic nitrogens is 1. The first-order valence-corrected chi connectivity index (χ1v) is 11.4. The Balaban J connectivity index is 1.74. The third-order valence-electron chi connectivity index (χ3n) is 5.27. The van der Waals surface area contributed by atoms with E-state index >= 15 is 0 Å². The number of amides is 1. The number of nitrogens with zero attached hydrogens (tertiary/aromatic N) is 3. The van der Waals surface area contributed by atoms with Gasteiger partial charge in [0.2, 0.25) is 4.80 Å². The molecule has 1 aromatic heterocycles. The van der Waals surface area contributed by atoms with E-state index in [1.807, 2.05) is 47.3 Å². The molecule has 0 atom stereocenters. The number of anilines is 1. The van der Waals surface area contributed by atoms with Crippen LogP contribution >= 0.6 is 11.3 Å². The Morgan fingerprint density at radius 3 is 2.77 bits per heavy atom. The molecule has 3 aromatic rings. The SMILES string of the molecule is CCC(C=Nn1c(-c2ccc3c(c2)NC(=O)CO3)csc1=NCc1ccccc1)CC. The first kappa shape index (κ1) is 21.1. The lowest BCUT2D eigenvalue weighted by atomic mass is 10.1. The number of benzene rings is 2. The first-order valence-electron chi connectivity index (χ1n) is 10.5. The highest BCUT2D eigenvalue weighted by Crippen LogP contribution is 2.32. The summed E-state index contributed by atoms with van der Waals surface area (Å²) < 4.78 is 7.40. The Morgan fingerprint density at radius 2 is 2.00 bits per heavy atom. The van der Waals surface area contributed by atoms with E-state index in [2.05, 4.69) is 36.7 Å². The van der Waals surface area contributed by atoms with Gasteiger partial charge in [-0.25, -0.2) is 4.68 Å². The van der Waals surface area contributed by atoms with E-state index < -0.39 is 0 Å². The van der Waals surface area contributed by atoms with Crippen LogP contribution in [0.4, 0.5) is 5.69 Å². The summed E-state index contributed by atoms with van der Waals surface area (Å²) in [6, 6.07) is 16.0. The van der Waals surface area contributed by atoms with E-state index in [9.17, 15) is 4.79 Å². The Labute approximate surface area is 185 Å². The Kier molecular flexibility index (Phi) is 6.62. The van der Waals surface area contributed by atoms with Crippen LogP contribution in [-0.4, -0.2) is 23.4 Å². The zero-order chi connectivity index (χ0) is 21.6. The van der Waals surface area contributed by atoms with Crippen LogP contribution in [0.2, 0.25) is 0 Å². The van der Waals surface area contributed by atoms with Crippen LogP contribution in [0.15, 0.2) is 64.0 Å². The van der Waals surface area contributed by atoms with Crippen LogP contribution in [0.1, 0.15) is 32.3 Å². The molecular formula is C24H26N4O2S. The van der Waals surface area contributed by atoms with Crippen molar-refractivity contribution in [2.24, 2.45) is 16.0 Å². The van der Waals surface area contributed by atoms with E-state index in [0.717, 1.165) is 34.5 Å². The van der Waals surface area contributed by atoms with Crippen LogP contribution in [-0.2, 0) is 11.3 Å². The average Bonchev–Trinajstić information content (AvgIpc) is 3.21. The minimum Gasteiger partial charge on any atom is -0.482 e. The summed E-state index contributed by atoms with van der Waals surface area (Å²) >= 11 is 1.56. The largest absolute Gasteiger partial charge is 0.482 e. The Morgan fingerprint density at radius 1 is 1.19 bits per heavy atom. The maximum Gasteiger partial charge on any atom is 0.262 e. The van der Waals surface area contributed by atoms with E-state index in [-0.39, 0.29) is 12.5 Å². The van der Waals surface area contributed by atoms with Gasteiger partial charge in [0.1, 0.15) is 5.75 Å². The van der Waals surface area contributed by atoms with Gasteiger partial charge in [0, 0.05) is 17.2 Å². The number of hydrogen-bond acceptors (Lipinski definition) is 5. The standard InChI is InChI=1S/C24H26N4O2S/c1-3-17(4-2)14-26-28-21(16-31-24(28)25-13-18-8-6-5-7-9-18)19-10-11-22-20(12-19)27-23(29)15-30-22/h5-12,14,16-17H,3-4,13,15H2,1-2H3,(H,27,29). The second-order valence-corrected chi connectivity index (χ2v) is 8.24. The third-order valence-corrected chi connectivity index (χ3v) is 6.13. The predicted octanol–water partition coefficient (Wildman–Crippen LogP) is 4.92. The molecule has 1 aliphatic rings. The van der Waals surface area contributed by atoms with Crippen molar-refractivity contribution >= 4 is 29.1 Å². The minimum atomic E-state index is -0.145. The van der Waals surface area contributed by atoms with Crippen molar-refractivity contribution in [1.29, 1.82) is 0 Å². The van der Waals surface area contributed by atoms with Gasteiger partial charge >= 0.3 is 0 Å². The number of carbonyl (C=O) groups excluding carboxylic acids is 1. The van der Waals surface area contributed by atoms with Crippen LogP contribution in [0.5, 0.6) is 5.75 Å². The Bertz CT molecular complexity index is 1140. The second-order valence-electron chi connectivity index (χ2n) is 7.41. The van der Waals surface area contributed by atoms with Gasteiger partial charge in [-0.05, 0) is 42.5 Å². The lowest BCUT2D eigenvalue weighted by Crippen LogP contribution is -2.25. The van der Waals surface area contributed by atoms with Crippen molar-refractivity contribution < 1.29 is 9.53 Å². The number of fused-ring (bicyclic) bond motifs is 1. The van der Waals surface area contributed by atoms with Crippen molar-refractivity contribution in [3.05, 3.63) is 64.3 Å². The molecule has 7 heteroatoms. The number of rotatable bonds is 7. The molecule has 160 valence electrons. The smallest absolute Gasteiger partial charge is 0.262 e. The Hall–Kier alpha value is -3.19. The molecule has 2 heterocycles. The maximum absolute atomic E-state index is 11.7. The van der Waals surface area contributed by atoms with E-state index in [1.54, 1.807) is 11.3 Å². The first-order chi connectivity index (χ1) is 15.2. The normalized spacial score (nSPS) is 14.0. The quantitative estimate of drug-likeness (QED) is 0.537. The fourth-order valence-electron chi connectivity index (χ4n) is 3.36. The number of thiazole rings is 1. The molecule has 0 bridgehead atoms. The van der Waals surface area contributed by atoms with Crippen molar-refractivity contribution in [3.8, 4) is 17.0 Å². The predicted molar refractivity (Wildman–Crippen MR) is 126 cm³/mol. The molecule has 0 spiro atoms. The maximum atomic E-state index is 11.7. The lowest BCUT2D eigenvalue weighted by Gasteiger charge is -2.18. The summed E-state index contributed by atoms with van der Waals surface area (Å²) in [6.07, 6.45) is 4.10. The van der Waals surface area contributed by atoms with Crippen molar-refractivity contribution in [2.45, 2.75) is 33.2 Å². The van der Waals surface area contributed by atoms with Crippen molar-refractivity contribution in [2.75, 3.05) is 11.9 Å². The summed E-state index contributed by atoms with van der Waals surface area (Å²) in [4.78, 5) is 17.4. The van der Waals surface area contributed by atoms with Crippen LogP contribution in [0.25, 0.3) is 11.3 Å². The second kappa shape index (κ2) is 9.75. The zero-order valence-electron chi connectivity index (χ0n) is 17.7. The molecule has 0 unspecified atom stereocenters. The van der Waals surface area contributed by atoms with E-state index in [0.29, 0.717) is 23.9 Å². The molecule has 0 fully saturated rings. The molecule has 0 aliphatic carbocycles. The van der Waals surface area contributed by atoms with Gasteiger partial charge in [-0.2, -0.15) is 5.10 Å².